The van der Waals surface area contributed by atoms with Crippen LogP contribution >= 0.6 is 0 Å². The average molecular weight is 552 g/mol. The Morgan fingerprint density at radius 3 is 2.14 bits per heavy atom. The standard InChI is InChI=1S/C40H41NO/c1-4-8-32(27-41)24-31-13-16-36(17-14-31)39-25-37(35-20-18-34(19-21-35)33-9-6-5-7-10-33)26-40(42)38(39)22-15-30-12-11-28(2)29(3)23-30/h4-14,16-21,23,26-27,38-39H,15,22,24-25,41H2,1-3H3/b8-4-,32-27+/t38-,39?/m1/s1. The zero-order chi connectivity index (χ0) is 29.5. The predicted molar refractivity (Wildman–Crippen MR) is 177 cm³/mol. The molecule has 0 spiro atoms. The van der Waals surface area contributed by atoms with Gasteiger partial charge >= 0.3 is 0 Å². The summed E-state index contributed by atoms with van der Waals surface area (Å²) in [5.74, 6) is 0.321. The molecular formula is C40H41NO. The van der Waals surface area contributed by atoms with Crippen LogP contribution in [-0.2, 0) is 17.6 Å². The second-order valence-electron chi connectivity index (χ2n) is 11.5. The van der Waals surface area contributed by atoms with E-state index in [0.717, 1.165) is 42.4 Å². The lowest BCUT2D eigenvalue weighted by Gasteiger charge is -2.31. The van der Waals surface area contributed by atoms with Gasteiger partial charge in [-0.25, -0.2) is 0 Å². The van der Waals surface area contributed by atoms with Crippen LogP contribution in [0.2, 0.25) is 0 Å². The van der Waals surface area contributed by atoms with E-state index in [1.54, 1.807) is 6.20 Å². The van der Waals surface area contributed by atoms with Crippen molar-refractivity contribution in [1.29, 1.82) is 0 Å². The fourth-order valence-electron chi connectivity index (χ4n) is 6.10. The summed E-state index contributed by atoms with van der Waals surface area (Å²) >= 11 is 0. The molecule has 4 aromatic rings. The minimum Gasteiger partial charge on any atom is -0.404 e. The molecule has 2 nitrogen and oxygen atoms in total. The molecule has 0 aliphatic heterocycles. The summed E-state index contributed by atoms with van der Waals surface area (Å²) in [4.78, 5) is 13.8. The first-order chi connectivity index (χ1) is 20.4. The number of carbonyl (C=O) groups is 1. The SMILES string of the molecule is C/C=C\C(=C/N)Cc1ccc(C2CC(c3ccc(-c4ccccc4)cc3)=CC(=O)[C@@H]2CCc2ccc(C)c(C)c2)cc1. The van der Waals surface area contributed by atoms with Gasteiger partial charge in [0.1, 0.15) is 0 Å². The third kappa shape index (κ3) is 6.89. The molecule has 1 aliphatic carbocycles. The summed E-state index contributed by atoms with van der Waals surface area (Å²) in [7, 11) is 0. The molecule has 2 N–H and O–H groups in total. The van der Waals surface area contributed by atoms with Gasteiger partial charge in [-0.1, -0.05) is 109 Å². The van der Waals surface area contributed by atoms with E-state index in [1.165, 1.54) is 38.9 Å². The highest BCUT2D eigenvalue weighted by Gasteiger charge is 2.33. The summed E-state index contributed by atoms with van der Waals surface area (Å²) in [6.45, 7) is 6.31. The third-order valence-electron chi connectivity index (χ3n) is 8.70. The molecule has 2 heteroatoms. The highest BCUT2D eigenvalue weighted by molar-refractivity contribution is 6.01. The van der Waals surface area contributed by atoms with Crippen LogP contribution in [0.25, 0.3) is 16.7 Å². The lowest BCUT2D eigenvalue weighted by molar-refractivity contribution is -0.119. The van der Waals surface area contributed by atoms with E-state index < -0.39 is 0 Å². The first kappa shape index (κ1) is 29.1. The predicted octanol–water partition coefficient (Wildman–Crippen LogP) is 9.32. The van der Waals surface area contributed by atoms with Gasteiger partial charge in [0, 0.05) is 5.92 Å². The normalized spacial score (nSPS) is 17.5. The van der Waals surface area contributed by atoms with E-state index in [0.29, 0.717) is 0 Å². The molecular weight excluding hydrogens is 510 g/mol. The number of benzene rings is 4. The Morgan fingerprint density at radius 1 is 0.810 bits per heavy atom. The maximum atomic E-state index is 13.8. The van der Waals surface area contributed by atoms with Gasteiger partial charge in [0.25, 0.3) is 0 Å². The van der Waals surface area contributed by atoms with Gasteiger partial charge in [0.2, 0.25) is 0 Å². The summed E-state index contributed by atoms with van der Waals surface area (Å²) in [5.41, 5.74) is 17.9. The van der Waals surface area contributed by atoms with Crippen LogP contribution in [0, 0.1) is 19.8 Å². The number of nitrogens with two attached hydrogens (primary N) is 1. The van der Waals surface area contributed by atoms with Gasteiger partial charge in [-0.05, 0) is 120 Å². The van der Waals surface area contributed by atoms with Gasteiger partial charge in [-0.3, -0.25) is 4.79 Å². The van der Waals surface area contributed by atoms with Crippen molar-refractivity contribution in [1.82, 2.24) is 0 Å². The Balaban J connectivity index is 1.42. The highest BCUT2D eigenvalue weighted by Crippen LogP contribution is 2.42. The second-order valence-corrected chi connectivity index (χ2v) is 11.5. The van der Waals surface area contributed by atoms with Crippen molar-refractivity contribution in [3.8, 4) is 11.1 Å². The third-order valence-corrected chi connectivity index (χ3v) is 8.70. The molecule has 0 saturated carbocycles. The lowest BCUT2D eigenvalue weighted by atomic mass is 9.71. The maximum absolute atomic E-state index is 13.8. The number of ketones is 1. The topological polar surface area (TPSA) is 43.1 Å². The van der Waals surface area contributed by atoms with Gasteiger partial charge < -0.3 is 5.73 Å². The minimum atomic E-state index is -0.0488. The fraction of sp³-hybridized carbons (Fsp3) is 0.225. The molecule has 5 rings (SSSR count). The molecule has 0 bridgehead atoms. The number of hydrogen-bond donors (Lipinski definition) is 1. The van der Waals surface area contributed by atoms with Crippen LogP contribution in [0.1, 0.15) is 59.1 Å². The Hall–Kier alpha value is -4.43. The Labute approximate surface area is 251 Å². The van der Waals surface area contributed by atoms with Crippen LogP contribution in [-0.4, -0.2) is 5.78 Å². The summed E-state index contributed by atoms with van der Waals surface area (Å²) in [5, 5.41) is 0. The van der Waals surface area contributed by atoms with Gasteiger partial charge in [0.15, 0.2) is 5.78 Å². The number of hydrogen-bond acceptors (Lipinski definition) is 2. The molecule has 0 fully saturated rings. The zero-order valence-corrected chi connectivity index (χ0v) is 25.0. The maximum Gasteiger partial charge on any atom is 0.159 e. The Kier molecular flexibility index (Phi) is 9.34. The van der Waals surface area contributed by atoms with Crippen molar-refractivity contribution < 1.29 is 4.79 Å². The van der Waals surface area contributed by atoms with E-state index in [4.69, 9.17) is 5.73 Å². The smallest absolute Gasteiger partial charge is 0.159 e. The number of rotatable bonds is 9. The molecule has 0 radical (unpaired) electrons. The lowest BCUT2D eigenvalue weighted by Crippen LogP contribution is -2.26. The summed E-state index contributed by atoms with van der Waals surface area (Å²) in [6, 6.07) is 34.6. The van der Waals surface area contributed by atoms with Gasteiger partial charge in [-0.2, -0.15) is 0 Å². The average Bonchev–Trinajstić information content (AvgIpc) is 3.02. The largest absolute Gasteiger partial charge is 0.404 e. The van der Waals surface area contributed by atoms with Crippen LogP contribution in [0.5, 0.6) is 0 Å². The Bertz CT molecular complexity index is 1610. The van der Waals surface area contributed by atoms with Gasteiger partial charge in [-0.15, -0.1) is 0 Å². The van der Waals surface area contributed by atoms with E-state index >= 15 is 0 Å². The number of allylic oxidation sites excluding steroid dienone is 5. The van der Waals surface area contributed by atoms with Gasteiger partial charge in [0.05, 0.1) is 0 Å². The molecule has 0 amide bonds. The quantitative estimate of drug-likeness (QED) is 0.211. The zero-order valence-electron chi connectivity index (χ0n) is 25.0. The second kappa shape index (κ2) is 13.5. The molecule has 0 heterocycles. The molecule has 2 atom stereocenters. The molecule has 212 valence electrons. The van der Waals surface area contributed by atoms with Crippen molar-refractivity contribution >= 4 is 11.4 Å². The number of aryl methyl sites for hydroxylation is 3. The van der Waals surface area contributed by atoms with E-state index in [9.17, 15) is 4.79 Å². The first-order valence-electron chi connectivity index (χ1n) is 15.0. The first-order valence-corrected chi connectivity index (χ1v) is 15.0. The molecule has 0 aromatic heterocycles. The minimum absolute atomic E-state index is 0.0488. The molecule has 1 aliphatic rings. The molecule has 1 unspecified atom stereocenters. The van der Waals surface area contributed by atoms with Crippen molar-refractivity contribution in [2.45, 2.75) is 52.4 Å². The van der Waals surface area contributed by atoms with E-state index in [-0.39, 0.29) is 17.6 Å². The summed E-state index contributed by atoms with van der Waals surface area (Å²) < 4.78 is 0. The van der Waals surface area contributed by atoms with Crippen LogP contribution in [0.3, 0.4) is 0 Å². The van der Waals surface area contributed by atoms with Crippen molar-refractivity contribution in [3.63, 3.8) is 0 Å². The monoisotopic (exact) mass is 551 g/mol. The molecule has 0 saturated heterocycles. The van der Waals surface area contributed by atoms with Crippen molar-refractivity contribution in [3.05, 3.63) is 160 Å². The van der Waals surface area contributed by atoms with Crippen LogP contribution in [0.4, 0.5) is 0 Å². The van der Waals surface area contributed by atoms with Crippen molar-refractivity contribution in [2.24, 2.45) is 11.7 Å². The Morgan fingerprint density at radius 2 is 1.48 bits per heavy atom. The number of carbonyl (C=O) groups excluding carboxylic acids is 1. The molecule has 4 aromatic carbocycles. The summed E-state index contributed by atoms with van der Waals surface area (Å²) in [6.07, 6.45) is 11.0. The van der Waals surface area contributed by atoms with Crippen LogP contribution < -0.4 is 5.73 Å². The fourth-order valence-corrected chi connectivity index (χ4v) is 6.10. The van der Waals surface area contributed by atoms with E-state index in [1.807, 2.05) is 25.1 Å². The van der Waals surface area contributed by atoms with E-state index in [2.05, 4.69) is 111 Å². The molecule has 42 heavy (non-hydrogen) atoms. The van der Waals surface area contributed by atoms with Crippen LogP contribution in [0.15, 0.2) is 127 Å². The van der Waals surface area contributed by atoms with Crippen molar-refractivity contribution in [2.75, 3.05) is 0 Å². The highest BCUT2D eigenvalue weighted by atomic mass is 16.1.